The van der Waals surface area contributed by atoms with Crippen LogP contribution >= 0.6 is 0 Å². The predicted octanol–water partition coefficient (Wildman–Crippen LogP) is 2.88. The second-order valence-electron chi connectivity index (χ2n) is 7.53. The first-order valence-electron chi connectivity index (χ1n) is 10.2. The molecule has 8 heteroatoms. The van der Waals surface area contributed by atoms with Crippen molar-refractivity contribution in [2.75, 3.05) is 0 Å². The van der Waals surface area contributed by atoms with Crippen molar-refractivity contribution in [3.8, 4) is 11.8 Å². The van der Waals surface area contributed by atoms with Gasteiger partial charge in [0, 0.05) is 36.1 Å². The summed E-state index contributed by atoms with van der Waals surface area (Å²) in [7, 11) is 0. The van der Waals surface area contributed by atoms with Crippen LogP contribution < -0.4 is 0 Å². The molecular formula is C24H22N4O4. The summed E-state index contributed by atoms with van der Waals surface area (Å²) in [6.45, 7) is 2.21. The van der Waals surface area contributed by atoms with Crippen molar-refractivity contribution in [1.82, 2.24) is 14.5 Å². The molecule has 0 radical (unpaired) electrons. The van der Waals surface area contributed by atoms with Crippen molar-refractivity contribution < 1.29 is 19.8 Å². The summed E-state index contributed by atoms with van der Waals surface area (Å²) in [6.07, 6.45) is 4.82. The predicted molar refractivity (Wildman–Crippen MR) is 117 cm³/mol. The van der Waals surface area contributed by atoms with Gasteiger partial charge in [-0.25, -0.2) is 4.98 Å². The molecule has 0 bridgehead atoms. The number of aromatic nitrogens is 3. The van der Waals surface area contributed by atoms with Gasteiger partial charge in [0.05, 0.1) is 24.4 Å². The highest BCUT2D eigenvalue weighted by Gasteiger charge is 2.23. The third kappa shape index (κ3) is 5.20. The molecule has 32 heavy (non-hydrogen) atoms. The van der Waals surface area contributed by atoms with Crippen LogP contribution in [-0.4, -0.2) is 36.4 Å². The lowest BCUT2D eigenvalue weighted by Crippen LogP contribution is -2.13. The fourth-order valence-electron chi connectivity index (χ4n) is 3.40. The molecule has 0 saturated heterocycles. The molecule has 0 amide bonds. The fraction of sp³-hybridized carbons (Fsp3) is 0.250. The van der Waals surface area contributed by atoms with Gasteiger partial charge in [-0.05, 0) is 36.8 Å². The largest absolute Gasteiger partial charge is 0.481 e. The molecule has 0 aliphatic carbocycles. The van der Waals surface area contributed by atoms with Crippen molar-refractivity contribution in [1.29, 1.82) is 0 Å². The molecule has 0 fully saturated rings. The van der Waals surface area contributed by atoms with Gasteiger partial charge >= 0.3 is 5.97 Å². The van der Waals surface area contributed by atoms with Crippen LogP contribution in [0.1, 0.15) is 53.8 Å². The van der Waals surface area contributed by atoms with Crippen LogP contribution in [0.2, 0.25) is 0 Å². The highest BCUT2D eigenvalue weighted by molar-refractivity contribution is 5.85. The van der Waals surface area contributed by atoms with E-state index in [2.05, 4.69) is 27.0 Å². The Kier molecular flexibility index (Phi) is 6.29. The summed E-state index contributed by atoms with van der Waals surface area (Å²) < 4.78 is 1.87. The van der Waals surface area contributed by atoms with Gasteiger partial charge in [-0.15, -0.1) is 0 Å². The molecule has 3 aromatic rings. The van der Waals surface area contributed by atoms with E-state index in [4.69, 9.17) is 9.94 Å². The number of aliphatic hydroxyl groups excluding tert-OH is 1. The monoisotopic (exact) mass is 430 g/mol. The van der Waals surface area contributed by atoms with Crippen molar-refractivity contribution in [3.63, 3.8) is 0 Å². The van der Waals surface area contributed by atoms with Crippen LogP contribution in [0.25, 0.3) is 0 Å². The number of hydrogen-bond acceptors (Lipinski definition) is 6. The summed E-state index contributed by atoms with van der Waals surface area (Å²) in [6, 6.07) is 11.2. The maximum Gasteiger partial charge on any atom is 0.309 e. The molecule has 162 valence electrons. The molecule has 1 aliphatic heterocycles. The van der Waals surface area contributed by atoms with Crippen molar-refractivity contribution in [2.45, 2.75) is 38.5 Å². The number of rotatable bonds is 6. The Labute approximate surface area is 185 Å². The van der Waals surface area contributed by atoms with Crippen LogP contribution in [-0.2, 0) is 22.6 Å². The highest BCUT2D eigenvalue weighted by Crippen LogP contribution is 2.28. The van der Waals surface area contributed by atoms with Crippen LogP contribution in [0.15, 0.2) is 60.1 Å². The lowest BCUT2D eigenvalue weighted by Gasteiger charge is -2.10. The maximum absolute atomic E-state index is 10.7. The molecule has 1 aromatic carbocycles. The number of carboxylic acids is 1. The number of oxime groups is 1. The van der Waals surface area contributed by atoms with E-state index < -0.39 is 12.1 Å². The van der Waals surface area contributed by atoms with E-state index in [0.29, 0.717) is 24.5 Å². The van der Waals surface area contributed by atoms with Gasteiger partial charge in [0.25, 0.3) is 0 Å². The quantitative estimate of drug-likeness (QED) is 0.582. The minimum absolute atomic E-state index is 0.103. The first kappa shape index (κ1) is 21.3. The Morgan fingerprint density at radius 1 is 1.19 bits per heavy atom. The van der Waals surface area contributed by atoms with Crippen LogP contribution in [0.4, 0.5) is 0 Å². The van der Waals surface area contributed by atoms with Gasteiger partial charge in [0.15, 0.2) is 6.10 Å². The summed E-state index contributed by atoms with van der Waals surface area (Å²) in [4.78, 5) is 24.6. The summed E-state index contributed by atoms with van der Waals surface area (Å²) in [5, 5.41) is 22.8. The molecular weight excluding hydrogens is 408 g/mol. The van der Waals surface area contributed by atoms with E-state index in [1.165, 1.54) is 0 Å². The lowest BCUT2D eigenvalue weighted by atomic mass is 10.0. The van der Waals surface area contributed by atoms with E-state index in [1.54, 1.807) is 31.5 Å². The third-order valence-electron chi connectivity index (χ3n) is 5.00. The summed E-state index contributed by atoms with van der Waals surface area (Å²) in [5.74, 6) is 5.81. The molecule has 0 spiro atoms. The molecule has 1 aliphatic rings. The standard InChI is InChI=1S/C24H22N4O4/c1-16(29)24-25-10-11-28(24)15-21-12-22(32-27-21)19-7-4-17(5-8-19)2-3-18-6-9-20(26-14-18)13-23(30)31/h4-11,14,16,22,29H,12-13,15H2,1H3,(H,30,31)/t16-,22?/m0/s1. The smallest absolute Gasteiger partial charge is 0.309 e. The van der Waals surface area contributed by atoms with E-state index in [9.17, 15) is 9.90 Å². The first-order chi connectivity index (χ1) is 15.5. The minimum atomic E-state index is -0.911. The molecule has 3 heterocycles. The van der Waals surface area contributed by atoms with E-state index >= 15 is 0 Å². The first-order valence-corrected chi connectivity index (χ1v) is 10.2. The van der Waals surface area contributed by atoms with Crippen LogP contribution in [0.3, 0.4) is 0 Å². The number of nitrogens with zero attached hydrogens (tertiary/aromatic N) is 4. The Morgan fingerprint density at radius 2 is 1.94 bits per heavy atom. The molecule has 1 unspecified atom stereocenters. The molecule has 4 rings (SSSR count). The number of carboxylic acid groups (broad SMARTS) is 1. The van der Waals surface area contributed by atoms with E-state index in [1.807, 2.05) is 35.0 Å². The normalized spacial score (nSPS) is 15.9. The number of imidazole rings is 1. The Bertz CT molecular complexity index is 1190. The number of aliphatic carboxylic acids is 1. The van der Waals surface area contributed by atoms with Gasteiger partial charge in [-0.3, -0.25) is 9.78 Å². The zero-order valence-corrected chi connectivity index (χ0v) is 17.5. The molecule has 2 atom stereocenters. The third-order valence-corrected chi connectivity index (χ3v) is 5.00. The van der Waals surface area contributed by atoms with E-state index in [0.717, 1.165) is 22.4 Å². The lowest BCUT2D eigenvalue weighted by molar-refractivity contribution is -0.136. The topological polar surface area (TPSA) is 110 Å². The Balaban J connectivity index is 1.35. The van der Waals surface area contributed by atoms with Crippen molar-refractivity contribution in [3.05, 3.63) is 83.2 Å². The fourth-order valence-corrected chi connectivity index (χ4v) is 3.40. The van der Waals surface area contributed by atoms with Gasteiger partial charge in [0.2, 0.25) is 0 Å². The van der Waals surface area contributed by atoms with Gasteiger partial charge in [0.1, 0.15) is 11.9 Å². The number of hydrogen-bond donors (Lipinski definition) is 2. The second-order valence-corrected chi connectivity index (χ2v) is 7.53. The average molecular weight is 430 g/mol. The Hall–Kier alpha value is -3.96. The maximum atomic E-state index is 10.7. The second kappa shape index (κ2) is 9.45. The number of benzene rings is 1. The Morgan fingerprint density at radius 3 is 2.62 bits per heavy atom. The minimum Gasteiger partial charge on any atom is -0.481 e. The summed E-state index contributed by atoms with van der Waals surface area (Å²) in [5.41, 5.74) is 3.97. The summed E-state index contributed by atoms with van der Waals surface area (Å²) >= 11 is 0. The SMILES string of the molecule is C[C@H](O)c1nccn1CC1=NOC(c2ccc(C#Cc3ccc(CC(=O)O)nc3)cc2)C1. The molecule has 0 saturated carbocycles. The van der Waals surface area contributed by atoms with Crippen molar-refractivity contribution >= 4 is 11.7 Å². The number of aliphatic hydroxyl groups is 1. The van der Waals surface area contributed by atoms with Crippen LogP contribution in [0.5, 0.6) is 0 Å². The zero-order chi connectivity index (χ0) is 22.5. The van der Waals surface area contributed by atoms with Gasteiger partial charge < -0.3 is 19.6 Å². The van der Waals surface area contributed by atoms with Crippen molar-refractivity contribution in [2.24, 2.45) is 5.16 Å². The van der Waals surface area contributed by atoms with E-state index in [-0.39, 0.29) is 12.5 Å². The zero-order valence-electron chi connectivity index (χ0n) is 17.5. The number of carbonyl (C=O) groups is 1. The number of pyridine rings is 1. The van der Waals surface area contributed by atoms with Gasteiger partial charge in [-0.2, -0.15) is 0 Å². The average Bonchev–Trinajstić information content (AvgIpc) is 3.43. The molecule has 2 N–H and O–H groups in total. The van der Waals surface area contributed by atoms with Crippen LogP contribution in [0, 0.1) is 11.8 Å². The van der Waals surface area contributed by atoms with Gasteiger partial charge in [-0.1, -0.05) is 29.1 Å². The highest BCUT2D eigenvalue weighted by atomic mass is 16.6. The molecule has 2 aromatic heterocycles. The molecule has 8 nitrogen and oxygen atoms in total.